The van der Waals surface area contributed by atoms with Gasteiger partial charge in [0.1, 0.15) is 10.6 Å². The van der Waals surface area contributed by atoms with Gasteiger partial charge in [-0.1, -0.05) is 0 Å². The van der Waals surface area contributed by atoms with Gasteiger partial charge in [0.15, 0.2) is 5.65 Å². The number of rotatable bonds is 5. The predicted octanol–water partition coefficient (Wildman–Crippen LogP) is 2.33. The number of nitrogens with one attached hydrogen (secondary N) is 2. The van der Waals surface area contributed by atoms with Gasteiger partial charge in [-0.15, -0.1) is 0 Å². The fraction of sp³-hybridized carbons (Fsp3) is 0.389. The lowest BCUT2D eigenvalue weighted by atomic mass is 10.3. The highest BCUT2D eigenvalue weighted by Crippen LogP contribution is 2.22. The van der Waals surface area contributed by atoms with Crippen LogP contribution in [0.1, 0.15) is 30.4 Å². The van der Waals surface area contributed by atoms with E-state index in [0.29, 0.717) is 18.8 Å². The number of aromatic nitrogens is 4. The Labute approximate surface area is 172 Å². The Morgan fingerprint density at radius 2 is 2.00 bits per heavy atom. The van der Waals surface area contributed by atoms with E-state index in [2.05, 4.69) is 20.4 Å². The number of pyridine rings is 1. The zero-order chi connectivity index (χ0) is 20.6. The fourth-order valence-electron chi connectivity index (χ4n) is 3.18. The fourth-order valence-corrected chi connectivity index (χ4v) is 5.75. The summed E-state index contributed by atoms with van der Waals surface area (Å²) in [5.74, 6) is 1.12. The van der Waals surface area contributed by atoms with E-state index in [1.165, 1.54) is 16.6 Å². The molecule has 4 heterocycles. The summed E-state index contributed by atoms with van der Waals surface area (Å²) in [4.78, 5) is 19.8. The van der Waals surface area contributed by atoms with Gasteiger partial charge in [0, 0.05) is 42.2 Å². The van der Waals surface area contributed by atoms with Gasteiger partial charge in [0.25, 0.3) is 5.91 Å². The van der Waals surface area contributed by atoms with Crippen LogP contribution in [0.4, 0.5) is 5.69 Å². The Kier molecular flexibility index (Phi) is 5.36. The monoisotopic (exact) mass is 434 g/mol. The quantitative estimate of drug-likeness (QED) is 0.637. The smallest absolute Gasteiger partial charge is 0.272 e. The maximum atomic E-state index is 12.7. The molecule has 0 saturated carbocycles. The number of nitrogens with zero attached hydrogens (tertiary/aromatic N) is 4. The topological polar surface area (TPSA) is 113 Å². The van der Waals surface area contributed by atoms with Crippen LogP contribution >= 0.6 is 11.8 Å². The number of H-pyrrole nitrogens is 1. The van der Waals surface area contributed by atoms with Gasteiger partial charge in [0.2, 0.25) is 10.0 Å². The number of carbonyl (C=O) groups excluding carboxylic acids is 1. The summed E-state index contributed by atoms with van der Waals surface area (Å²) in [5.41, 5.74) is 1.43. The van der Waals surface area contributed by atoms with E-state index in [1.807, 2.05) is 18.5 Å². The zero-order valence-corrected chi connectivity index (χ0v) is 17.8. The molecule has 3 aromatic rings. The number of anilines is 1. The average molecular weight is 435 g/mol. The molecular weight excluding hydrogens is 412 g/mol. The van der Waals surface area contributed by atoms with Crippen molar-refractivity contribution >= 4 is 44.4 Å². The standard InChI is InChI=1S/C18H22N6O3S2/c1-12(2)24-17-13(9-21-24)7-14(10-20-17)22-18(25)16-8-15(11-19-16)29(26,27)23-3-5-28-6-4-23/h7-12,19H,3-6H2,1-2H3,(H,22,25). The third-order valence-electron chi connectivity index (χ3n) is 4.69. The molecule has 0 bridgehead atoms. The SMILES string of the molecule is CC(C)n1ncc2cc(NC(=O)c3cc(S(=O)(=O)N4CCSCC4)c[nH]3)cnc21. The highest BCUT2D eigenvalue weighted by Gasteiger charge is 2.27. The van der Waals surface area contributed by atoms with E-state index in [1.54, 1.807) is 30.2 Å². The maximum Gasteiger partial charge on any atom is 0.272 e. The molecule has 4 rings (SSSR count). The van der Waals surface area contributed by atoms with Crippen molar-refractivity contribution < 1.29 is 13.2 Å². The number of carbonyl (C=O) groups is 1. The highest BCUT2D eigenvalue weighted by molar-refractivity contribution is 7.99. The minimum atomic E-state index is -3.60. The summed E-state index contributed by atoms with van der Waals surface area (Å²) in [5, 5.41) is 7.88. The second-order valence-corrected chi connectivity index (χ2v) is 10.2. The van der Waals surface area contributed by atoms with E-state index >= 15 is 0 Å². The van der Waals surface area contributed by atoms with Crippen molar-refractivity contribution in [1.29, 1.82) is 0 Å². The van der Waals surface area contributed by atoms with Crippen molar-refractivity contribution in [3.63, 3.8) is 0 Å². The van der Waals surface area contributed by atoms with Gasteiger partial charge in [-0.3, -0.25) is 4.79 Å². The number of thioether (sulfide) groups is 1. The Balaban J connectivity index is 1.51. The Morgan fingerprint density at radius 1 is 1.24 bits per heavy atom. The number of amides is 1. The van der Waals surface area contributed by atoms with Crippen LogP contribution in [-0.4, -0.2) is 63.0 Å². The largest absolute Gasteiger partial charge is 0.356 e. The molecule has 0 spiro atoms. The van der Waals surface area contributed by atoms with Crippen molar-refractivity contribution in [1.82, 2.24) is 24.1 Å². The first-order chi connectivity index (χ1) is 13.9. The first-order valence-electron chi connectivity index (χ1n) is 9.27. The van der Waals surface area contributed by atoms with Crippen LogP contribution in [0.25, 0.3) is 11.0 Å². The van der Waals surface area contributed by atoms with Gasteiger partial charge < -0.3 is 10.3 Å². The molecule has 1 aliphatic rings. The minimum absolute atomic E-state index is 0.0985. The average Bonchev–Trinajstić information content (AvgIpc) is 3.36. The molecule has 154 valence electrons. The third kappa shape index (κ3) is 3.89. The predicted molar refractivity (Wildman–Crippen MR) is 113 cm³/mol. The molecule has 0 aliphatic carbocycles. The van der Waals surface area contributed by atoms with Crippen LogP contribution in [0, 0.1) is 0 Å². The molecule has 1 saturated heterocycles. The van der Waals surface area contributed by atoms with Crippen LogP contribution in [0.5, 0.6) is 0 Å². The summed E-state index contributed by atoms with van der Waals surface area (Å²) in [7, 11) is -3.60. The molecular formula is C18H22N6O3S2. The first kappa shape index (κ1) is 19.9. The number of aromatic amines is 1. The Bertz CT molecular complexity index is 1150. The van der Waals surface area contributed by atoms with Crippen molar-refractivity contribution in [2.75, 3.05) is 29.9 Å². The second kappa shape index (κ2) is 7.81. The molecule has 0 atom stereocenters. The van der Waals surface area contributed by atoms with Gasteiger partial charge in [-0.05, 0) is 26.0 Å². The molecule has 1 aliphatic heterocycles. The maximum absolute atomic E-state index is 12.7. The van der Waals surface area contributed by atoms with E-state index in [9.17, 15) is 13.2 Å². The van der Waals surface area contributed by atoms with Crippen LogP contribution in [0.3, 0.4) is 0 Å². The number of fused-ring (bicyclic) bond motifs is 1. The molecule has 11 heteroatoms. The Morgan fingerprint density at radius 3 is 2.72 bits per heavy atom. The highest BCUT2D eigenvalue weighted by atomic mass is 32.2. The number of hydrogen-bond acceptors (Lipinski definition) is 6. The lowest BCUT2D eigenvalue weighted by molar-refractivity contribution is 0.102. The van der Waals surface area contributed by atoms with Crippen LogP contribution in [0.2, 0.25) is 0 Å². The van der Waals surface area contributed by atoms with Gasteiger partial charge in [-0.25, -0.2) is 18.1 Å². The summed E-state index contributed by atoms with van der Waals surface area (Å²) in [6, 6.07) is 3.34. The van der Waals surface area contributed by atoms with Crippen LogP contribution in [0.15, 0.2) is 35.6 Å². The lowest BCUT2D eigenvalue weighted by Gasteiger charge is -2.24. The molecule has 0 radical (unpaired) electrons. The molecule has 29 heavy (non-hydrogen) atoms. The van der Waals surface area contributed by atoms with Gasteiger partial charge >= 0.3 is 0 Å². The molecule has 0 unspecified atom stereocenters. The third-order valence-corrected chi connectivity index (χ3v) is 7.51. The second-order valence-electron chi connectivity index (χ2n) is 7.04. The van der Waals surface area contributed by atoms with Crippen LogP contribution < -0.4 is 5.32 Å². The molecule has 1 fully saturated rings. The molecule has 9 nitrogen and oxygen atoms in total. The van der Waals surface area contributed by atoms with Crippen molar-refractivity contribution in [3.05, 3.63) is 36.4 Å². The lowest BCUT2D eigenvalue weighted by Crippen LogP contribution is -2.37. The summed E-state index contributed by atoms with van der Waals surface area (Å²) in [6.45, 7) is 5.00. The van der Waals surface area contributed by atoms with E-state index in [0.717, 1.165) is 22.5 Å². The number of sulfonamides is 1. The van der Waals surface area contributed by atoms with Crippen molar-refractivity contribution in [3.8, 4) is 0 Å². The molecule has 0 aromatic carbocycles. The molecule has 1 amide bonds. The van der Waals surface area contributed by atoms with Crippen LogP contribution in [-0.2, 0) is 10.0 Å². The van der Waals surface area contributed by atoms with E-state index < -0.39 is 15.9 Å². The van der Waals surface area contributed by atoms with Gasteiger partial charge in [-0.2, -0.15) is 21.2 Å². The normalized spacial score (nSPS) is 15.8. The molecule has 2 N–H and O–H groups in total. The number of hydrogen-bond donors (Lipinski definition) is 2. The van der Waals surface area contributed by atoms with Crippen molar-refractivity contribution in [2.45, 2.75) is 24.8 Å². The summed E-state index contributed by atoms with van der Waals surface area (Å²) >= 11 is 1.74. The Hall–Kier alpha value is -2.37. The van der Waals surface area contributed by atoms with E-state index in [-0.39, 0.29) is 16.6 Å². The first-order valence-corrected chi connectivity index (χ1v) is 11.9. The minimum Gasteiger partial charge on any atom is -0.356 e. The molecule has 3 aromatic heterocycles. The summed E-state index contributed by atoms with van der Waals surface area (Å²) < 4.78 is 28.7. The van der Waals surface area contributed by atoms with E-state index in [4.69, 9.17) is 0 Å². The zero-order valence-electron chi connectivity index (χ0n) is 16.1. The van der Waals surface area contributed by atoms with Crippen molar-refractivity contribution in [2.24, 2.45) is 0 Å². The summed E-state index contributed by atoms with van der Waals surface area (Å²) in [6.07, 6.45) is 4.63. The van der Waals surface area contributed by atoms with Gasteiger partial charge in [0.05, 0.1) is 18.1 Å².